The smallest absolute Gasteiger partial charge is 0.225 e. The molecule has 0 heterocycles. The molecule has 0 radical (unpaired) electrons. The van der Waals surface area contributed by atoms with Crippen LogP contribution in [0.25, 0.3) is 0 Å². The third kappa shape index (κ3) is 3.01. The molecular formula is C14H26N2O. The molecule has 0 aromatic heterocycles. The van der Waals surface area contributed by atoms with E-state index in [1.54, 1.807) is 0 Å². The van der Waals surface area contributed by atoms with Crippen LogP contribution in [-0.2, 0) is 4.79 Å². The number of nitrogens with two attached hydrogens (primary N) is 1. The molecule has 3 nitrogen and oxygen atoms in total. The molecule has 0 spiro atoms. The lowest BCUT2D eigenvalue weighted by Crippen LogP contribution is -2.46. The van der Waals surface area contributed by atoms with Crippen molar-refractivity contribution in [3.05, 3.63) is 0 Å². The van der Waals surface area contributed by atoms with E-state index in [2.05, 4.69) is 11.8 Å². The Morgan fingerprint density at radius 2 is 1.71 bits per heavy atom. The molecule has 3 heteroatoms. The van der Waals surface area contributed by atoms with Crippen molar-refractivity contribution in [3.8, 4) is 0 Å². The second kappa shape index (κ2) is 5.85. The SMILES string of the molecule is CCN(C(=O)C1CCCC1)C1CCC(N)CC1. The van der Waals surface area contributed by atoms with E-state index in [0.717, 1.165) is 45.1 Å². The predicted molar refractivity (Wildman–Crippen MR) is 69.6 cm³/mol. The van der Waals surface area contributed by atoms with Gasteiger partial charge in [-0.1, -0.05) is 12.8 Å². The number of nitrogens with zero attached hydrogens (tertiary/aromatic N) is 1. The van der Waals surface area contributed by atoms with Crippen LogP contribution in [0.4, 0.5) is 0 Å². The molecule has 0 aliphatic heterocycles. The standard InChI is InChI=1S/C14H26N2O/c1-2-16(13-9-7-12(15)8-10-13)14(17)11-5-3-4-6-11/h11-13H,2-10,15H2,1H3. The van der Waals surface area contributed by atoms with Crippen molar-refractivity contribution in [1.82, 2.24) is 4.90 Å². The Kier molecular flexibility index (Phi) is 4.43. The van der Waals surface area contributed by atoms with Gasteiger partial charge in [0, 0.05) is 24.5 Å². The molecule has 1 amide bonds. The third-order valence-electron chi connectivity index (χ3n) is 4.51. The Labute approximate surface area is 105 Å². The molecule has 0 unspecified atom stereocenters. The zero-order chi connectivity index (χ0) is 12.3. The van der Waals surface area contributed by atoms with E-state index >= 15 is 0 Å². The average molecular weight is 238 g/mol. The minimum Gasteiger partial charge on any atom is -0.340 e. The Hall–Kier alpha value is -0.570. The third-order valence-corrected chi connectivity index (χ3v) is 4.51. The van der Waals surface area contributed by atoms with E-state index in [4.69, 9.17) is 5.73 Å². The zero-order valence-corrected chi connectivity index (χ0v) is 11.0. The van der Waals surface area contributed by atoms with E-state index < -0.39 is 0 Å². The monoisotopic (exact) mass is 238 g/mol. The van der Waals surface area contributed by atoms with Crippen LogP contribution in [0.15, 0.2) is 0 Å². The number of rotatable bonds is 3. The second-order valence-electron chi connectivity index (χ2n) is 5.67. The highest BCUT2D eigenvalue weighted by atomic mass is 16.2. The average Bonchev–Trinajstić information content (AvgIpc) is 2.86. The van der Waals surface area contributed by atoms with Gasteiger partial charge in [-0.25, -0.2) is 0 Å². The maximum absolute atomic E-state index is 12.5. The van der Waals surface area contributed by atoms with Gasteiger partial charge in [0.1, 0.15) is 0 Å². The highest BCUT2D eigenvalue weighted by Crippen LogP contribution is 2.29. The first kappa shape index (κ1) is 12.9. The van der Waals surface area contributed by atoms with Gasteiger partial charge < -0.3 is 10.6 Å². The van der Waals surface area contributed by atoms with E-state index in [1.165, 1.54) is 12.8 Å². The lowest BCUT2D eigenvalue weighted by atomic mass is 9.90. The summed E-state index contributed by atoms with van der Waals surface area (Å²) in [6.07, 6.45) is 9.08. The predicted octanol–water partition coefficient (Wildman–Crippen LogP) is 2.29. The molecule has 0 atom stereocenters. The van der Waals surface area contributed by atoms with Gasteiger partial charge in [0.25, 0.3) is 0 Å². The van der Waals surface area contributed by atoms with Crippen LogP contribution in [-0.4, -0.2) is 29.4 Å². The lowest BCUT2D eigenvalue weighted by Gasteiger charge is -2.36. The van der Waals surface area contributed by atoms with Gasteiger partial charge >= 0.3 is 0 Å². The van der Waals surface area contributed by atoms with Crippen molar-refractivity contribution in [2.45, 2.75) is 70.4 Å². The number of amides is 1. The van der Waals surface area contributed by atoms with E-state index in [9.17, 15) is 4.79 Å². The molecule has 2 saturated carbocycles. The van der Waals surface area contributed by atoms with Crippen LogP contribution in [0.3, 0.4) is 0 Å². The maximum Gasteiger partial charge on any atom is 0.225 e. The molecule has 0 saturated heterocycles. The van der Waals surface area contributed by atoms with Crippen molar-refractivity contribution >= 4 is 5.91 Å². The van der Waals surface area contributed by atoms with Crippen LogP contribution in [0.5, 0.6) is 0 Å². The molecule has 2 fully saturated rings. The Balaban J connectivity index is 1.92. The van der Waals surface area contributed by atoms with Gasteiger partial charge in [-0.05, 0) is 45.4 Å². The molecule has 0 bridgehead atoms. The van der Waals surface area contributed by atoms with Gasteiger partial charge in [-0.3, -0.25) is 4.79 Å². The summed E-state index contributed by atoms with van der Waals surface area (Å²) in [5, 5.41) is 0. The van der Waals surface area contributed by atoms with Crippen molar-refractivity contribution in [2.75, 3.05) is 6.54 Å². The lowest BCUT2D eigenvalue weighted by molar-refractivity contribution is -0.138. The van der Waals surface area contributed by atoms with Gasteiger partial charge in [0.15, 0.2) is 0 Å². The molecule has 2 aliphatic carbocycles. The highest BCUT2D eigenvalue weighted by Gasteiger charge is 2.32. The van der Waals surface area contributed by atoms with E-state index in [1.807, 2.05) is 0 Å². The van der Waals surface area contributed by atoms with E-state index in [-0.39, 0.29) is 0 Å². The number of carbonyl (C=O) groups is 1. The molecule has 2 rings (SSSR count). The first-order chi connectivity index (χ1) is 8.22. The van der Waals surface area contributed by atoms with E-state index in [0.29, 0.717) is 23.9 Å². The summed E-state index contributed by atoms with van der Waals surface area (Å²) in [6.45, 7) is 2.98. The minimum absolute atomic E-state index is 0.325. The van der Waals surface area contributed by atoms with Crippen molar-refractivity contribution in [1.29, 1.82) is 0 Å². The maximum atomic E-state index is 12.5. The summed E-state index contributed by atoms with van der Waals surface area (Å²) in [5.74, 6) is 0.746. The largest absolute Gasteiger partial charge is 0.340 e. The van der Waals surface area contributed by atoms with Crippen LogP contribution in [0.1, 0.15) is 58.3 Å². The fraction of sp³-hybridized carbons (Fsp3) is 0.929. The molecular weight excluding hydrogens is 212 g/mol. The topological polar surface area (TPSA) is 46.3 Å². The van der Waals surface area contributed by atoms with Gasteiger partial charge in [-0.2, -0.15) is 0 Å². The number of hydrogen-bond donors (Lipinski definition) is 1. The quantitative estimate of drug-likeness (QED) is 0.820. The van der Waals surface area contributed by atoms with Crippen molar-refractivity contribution < 1.29 is 4.79 Å². The molecule has 17 heavy (non-hydrogen) atoms. The fourth-order valence-corrected chi connectivity index (χ4v) is 3.41. The van der Waals surface area contributed by atoms with Gasteiger partial charge in [-0.15, -0.1) is 0 Å². The zero-order valence-electron chi connectivity index (χ0n) is 11.0. The van der Waals surface area contributed by atoms with Crippen LogP contribution < -0.4 is 5.73 Å². The summed E-state index contributed by atoms with van der Waals surface area (Å²) in [5.41, 5.74) is 5.93. The van der Waals surface area contributed by atoms with Gasteiger partial charge in [0.2, 0.25) is 5.91 Å². The summed E-state index contributed by atoms with van der Waals surface area (Å²) in [4.78, 5) is 14.6. The van der Waals surface area contributed by atoms with Crippen molar-refractivity contribution in [2.24, 2.45) is 11.7 Å². The first-order valence-corrected chi connectivity index (χ1v) is 7.28. The Morgan fingerprint density at radius 1 is 1.12 bits per heavy atom. The number of carbonyl (C=O) groups excluding carboxylic acids is 1. The fourth-order valence-electron chi connectivity index (χ4n) is 3.41. The Morgan fingerprint density at radius 3 is 2.24 bits per heavy atom. The highest BCUT2D eigenvalue weighted by molar-refractivity contribution is 5.79. The molecule has 0 aromatic carbocycles. The van der Waals surface area contributed by atoms with Crippen LogP contribution in [0, 0.1) is 5.92 Å². The van der Waals surface area contributed by atoms with Gasteiger partial charge in [0.05, 0.1) is 0 Å². The summed E-state index contributed by atoms with van der Waals surface area (Å²) >= 11 is 0. The van der Waals surface area contributed by atoms with Crippen LogP contribution >= 0.6 is 0 Å². The summed E-state index contributed by atoms with van der Waals surface area (Å²) in [6, 6.07) is 0.833. The molecule has 2 N–H and O–H groups in total. The molecule has 0 aromatic rings. The normalized spacial score (nSPS) is 30.5. The first-order valence-electron chi connectivity index (χ1n) is 7.28. The summed E-state index contributed by atoms with van der Waals surface area (Å²) < 4.78 is 0. The molecule has 98 valence electrons. The van der Waals surface area contributed by atoms with Crippen molar-refractivity contribution in [3.63, 3.8) is 0 Å². The Bertz CT molecular complexity index is 253. The van der Waals surface area contributed by atoms with Crippen LogP contribution in [0.2, 0.25) is 0 Å². The molecule has 2 aliphatic rings. The summed E-state index contributed by atoms with van der Waals surface area (Å²) in [7, 11) is 0. The minimum atomic E-state index is 0.325. The number of hydrogen-bond acceptors (Lipinski definition) is 2. The second-order valence-corrected chi connectivity index (χ2v) is 5.67.